The number of carbonyl (C=O) groups is 1. The molecule has 6 heteroatoms. The lowest BCUT2D eigenvalue weighted by atomic mass is 9.91. The normalized spacial score (nSPS) is 16.4. The molecule has 4 rings (SSSR count). The molecule has 1 aliphatic rings. The molecule has 0 radical (unpaired) electrons. The number of halogens is 1. The van der Waals surface area contributed by atoms with Crippen molar-refractivity contribution in [1.82, 2.24) is 14.9 Å². The maximum Gasteiger partial charge on any atom is 0.260 e. The average Bonchev–Trinajstić information content (AvgIpc) is 2.78. The second-order valence-corrected chi connectivity index (χ2v) is 7.05. The molecule has 0 N–H and O–H groups in total. The predicted octanol–water partition coefficient (Wildman–Crippen LogP) is 4.07. The summed E-state index contributed by atoms with van der Waals surface area (Å²) in [7, 11) is 0. The fourth-order valence-electron chi connectivity index (χ4n) is 3.69. The number of hydrogen-bond acceptors (Lipinski definition) is 4. The van der Waals surface area contributed by atoms with Gasteiger partial charge in [0.1, 0.15) is 11.6 Å². The zero-order chi connectivity index (χ0) is 20.1. The molecule has 1 aromatic heterocycles. The molecule has 0 unspecified atom stereocenters. The SMILES string of the molecule is O=C(COc1ccccc1)N1CCC[C@@H](c2nccnc2-c2ccccc2F)C1. The van der Waals surface area contributed by atoms with Crippen LogP contribution >= 0.6 is 0 Å². The van der Waals surface area contributed by atoms with E-state index in [1.54, 1.807) is 35.5 Å². The minimum atomic E-state index is -0.325. The fraction of sp³-hybridized carbons (Fsp3) is 0.261. The summed E-state index contributed by atoms with van der Waals surface area (Å²) in [5.41, 5.74) is 1.72. The van der Waals surface area contributed by atoms with E-state index in [1.807, 2.05) is 30.3 Å². The average molecular weight is 391 g/mol. The third-order valence-electron chi connectivity index (χ3n) is 5.12. The number of amides is 1. The van der Waals surface area contributed by atoms with E-state index in [2.05, 4.69) is 9.97 Å². The van der Waals surface area contributed by atoms with Crippen molar-refractivity contribution in [1.29, 1.82) is 0 Å². The summed E-state index contributed by atoms with van der Waals surface area (Å²) in [6.07, 6.45) is 4.93. The van der Waals surface area contributed by atoms with E-state index in [0.717, 1.165) is 18.5 Å². The molecule has 1 aliphatic heterocycles. The molecule has 0 saturated carbocycles. The van der Waals surface area contributed by atoms with Gasteiger partial charge in [-0.1, -0.05) is 30.3 Å². The predicted molar refractivity (Wildman–Crippen MR) is 108 cm³/mol. The van der Waals surface area contributed by atoms with Crippen LogP contribution in [0.3, 0.4) is 0 Å². The molecule has 148 valence electrons. The van der Waals surface area contributed by atoms with Crippen LogP contribution in [0, 0.1) is 5.82 Å². The van der Waals surface area contributed by atoms with Gasteiger partial charge >= 0.3 is 0 Å². The van der Waals surface area contributed by atoms with Gasteiger partial charge in [-0.15, -0.1) is 0 Å². The summed E-state index contributed by atoms with van der Waals surface area (Å²) >= 11 is 0. The third-order valence-corrected chi connectivity index (χ3v) is 5.12. The molecular formula is C23H22FN3O2. The van der Waals surface area contributed by atoms with Gasteiger partial charge < -0.3 is 9.64 Å². The second kappa shape index (κ2) is 8.82. The second-order valence-electron chi connectivity index (χ2n) is 7.05. The Morgan fingerprint density at radius 1 is 1.07 bits per heavy atom. The number of aromatic nitrogens is 2. The molecule has 0 bridgehead atoms. The van der Waals surface area contributed by atoms with Crippen molar-refractivity contribution < 1.29 is 13.9 Å². The highest BCUT2D eigenvalue weighted by atomic mass is 19.1. The van der Waals surface area contributed by atoms with E-state index in [-0.39, 0.29) is 24.2 Å². The van der Waals surface area contributed by atoms with Crippen molar-refractivity contribution in [2.24, 2.45) is 0 Å². The highest BCUT2D eigenvalue weighted by molar-refractivity contribution is 5.78. The minimum absolute atomic E-state index is 0.00261. The molecule has 1 saturated heterocycles. The van der Waals surface area contributed by atoms with Gasteiger partial charge in [-0.05, 0) is 37.1 Å². The standard InChI is InChI=1S/C23H22FN3O2/c24-20-11-5-4-10-19(20)23-22(25-12-13-26-23)17-7-6-14-27(15-17)21(28)16-29-18-8-2-1-3-9-18/h1-5,8-13,17H,6-7,14-16H2/t17-/m1/s1. The van der Waals surface area contributed by atoms with Crippen LogP contribution in [0.25, 0.3) is 11.3 Å². The van der Waals surface area contributed by atoms with E-state index < -0.39 is 0 Å². The Hall–Kier alpha value is -3.28. The summed E-state index contributed by atoms with van der Waals surface area (Å²) in [5, 5.41) is 0. The summed E-state index contributed by atoms with van der Waals surface area (Å²) in [5.74, 6) is 0.294. The van der Waals surface area contributed by atoms with E-state index in [9.17, 15) is 9.18 Å². The zero-order valence-electron chi connectivity index (χ0n) is 16.0. The van der Waals surface area contributed by atoms with Crippen molar-refractivity contribution in [2.45, 2.75) is 18.8 Å². The lowest BCUT2D eigenvalue weighted by molar-refractivity contribution is -0.134. The van der Waals surface area contributed by atoms with Crippen molar-refractivity contribution >= 4 is 5.91 Å². The number of nitrogens with zero attached hydrogens (tertiary/aromatic N) is 3. The molecule has 1 amide bonds. The highest BCUT2D eigenvalue weighted by Crippen LogP contribution is 2.32. The quantitative estimate of drug-likeness (QED) is 0.658. The van der Waals surface area contributed by atoms with Crippen molar-refractivity contribution in [3.63, 3.8) is 0 Å². The van der Waals surface area contributed by atoms with Crippen LogP contribution in [0.2, 0.25) is 0 Å². The molecule has 0 spiro atoms. The Balaban J connectivity index is 1.49. The molecule has 3 aromatic rings. The minimum Gasteiger partial charge on any atom is -0.484 e. The first kappa shape index (κ1) is 19.1. The van der Waals surface area contributed by atoms with Crippen LogP contribution in [-0.4, -0.2) is 40.5 Å². The van der Waals surface area contributed by atoms with Crippen molar-refractivity contribution in [3.05, 3.63) is 78.5 Å². The van der Waals surface area contributed by atoms with Gasteiger partial charge in [0, 0.05) is 37.0 Å². The summed E-state index contributed by atoms with van der Waals surface area (Å²) in [6.45, 7) is 1.21. The zero-order valence-corrected chi connectivity index (χ0v) is 16.0. The smallest absolute Gasteiger partial charge is 0.260 e. The summed E-state index contributed by atoms with van der Waals surface area (Å²) in [4.78, 5) is 23.4. The number of benzene rings is 2. The topological polar surface area (TPSA) is 55.3 Å². The maximum atomic E-state index is 14.3. The third kappa shape index (κ3) is 4.42. The Labute approximate surface area is 169 Å². The molecular weight excluding hydrogens is 369 g/mol. The lowest BCUT2D eigenvalue weighted by Gasteiger charge is -2.33. The summed E-state index contributed by atoms with van der Waals surface area (Å²) < 4.78 is 19.9. The van der Waals surface area contributed by atoms with Crippen LogP contribution in [0.1, 0.15) is 24.5 Å². The molecule has 2 heterocycles. The van der Waals surface area contributed by atoms with Crippen molar-refractivity contribution in [3.8, 4) is 17.0 Å². The molecule has 1 atom stereocenters. The van der Waals surface area contributed by atoms with E-state index in [4.69, 9.17) is 4.74 Å². The number of rotatable bonds is 5. The first-order valence-electron chi connectivity index (χ1n) is 9.74. The molecule has 2 aromatic carbocycles. The van der Waals surface area contributed by atoms with Gasteiger partial charge in [-0.25, -0.2) is 4.39 Å². The maximum absolute atomic E-state index is 14.3. The van der Waals surface area contributed by atoms with Gasteiger partial charge in [0.15, 0.2) is 6.61 Å². The lowest BCUT2D eigenvalue weighted by Crippen LogP contribution is -2.41. The molecule has 1 fully saturated rings. The van der Waals surface area contributed by atoms with Crippen LogP contribution in [0.15, 0.2) is 67.0 Å². The van der Waals surface area contributed by atoms with Gasteiger partial charge in [0.05, 0.1) is 11.4 Å². The Morgan fingerprint density at radius 2 is 1.83 bits per heavy atom. The van der Waals surface area contributed by atoms with E-state index >= 15 is 0 Å². The number of likely N-dealkylation sites (tertiary alicyclic amines) is 1. The first-order valence-corrected chi connectivity index (χ1v) is 9.74. The molecule has 5 nitrogen and oxygen atoms in total. The van der Waals surface area contributed by atoms with E-state index in [1.165, 1.54) is 6.07 Å². The number of piperidine rings is 1. The van der Waals surface area contributed by atoms with Crippen LogP contribution < -0.4 is 4.74 Å². The van der Waals surface area contributed by atoms with Crippen LogP contribution in [0.5, 0.6) is 5.75 Å². The molecule has 0 aliphatic carbocycles. The molecule has 29 heavy (non-hydrogen) atoms. The fourth-order valence-corrected chi connectivity index (χ4v) is 3.69. The van der Waals surface area contributed by atoms with Gasteiger partial charge in [-0.2, -0.15) is 0 Å². The number of carbonyl (C=O) groups excluding carboxylic acids is 1. The summed E-state index contributed by atoms with van der Waals surface area (Å²) in [6, 6.07) is 15.9. The van der Waals surface area contributed by atoms with Gasteiger partial charge in [0.2, 0.25) is 0 Å². The Bertz CT molecular complexity index is 981. The number of ether oxygens (including phenoxy) is 1. The Kier molecular flexibility index (Phi) is 5.79. The number of para-hydroxylation sites is 1. The van der Waals surface area contributed by atoms with Gasteiger partial charge in [0.25, 0.3) is 5.91 Å². The highest BCUT2D eigenvalue weighted by Gasteiger charge is 2.28. The Morgan fingerprint density at radius 3 is 2.66 bits per heavy atom. The monoisotopic (exact) mass is 391 g/mol. The van der Waals surface area contributed by atoms with Crippen molar-refractivity contribution in [2.75, 3.05) is 19.7 Å². The number of hydrogen-bond donors (Lipinski definition) is 0. The van der Waals surface area contributed by atoms with Crippen LogP contribution in [0.4, 0.5) is 4.39 Å². The van der Waals surface area contributed by atoms with Gasteiger partial charge in [-0.3, -0.25) is 14.8 Å². The van der Waals surface area contributed by atoms with Crippen LogP contribution in [-0.2, 0) is 4.79 Å². The first-order chi connectivity index (χ1) is 14.2. The van der Waals surface area contributed by atoms with E-state index in [0.29, 0.717) is 30.1 Å². The largest absolute Gasteiger partial charge is 0.484 e.